The predicted octanol–water partition coefficient (Wildman–Crippen LogP) is 4.69. The van der Waals surface area contributed by atoms with Crippen molar-refractivity contribution >= 4 is 18.2 Å². The van der Waals surface area contributed by atoms with E-state index in [0.717, 1.165) is 18.1 Å². The van der Waals surface area contributed by atoms with Crippen molar-refractivity contribution in [2.75, 3.05) is 5.32 Å². The van der Waals surface area contributed by atoms with E-state index in [9.17, 15) is 0 Å². The number of pyridine rings is 1. The van der Waals surface area contributed by atoms with Gasteiger partial charge in [0.25, 0.3) is 0 Å². The van der Waals surface area contributed by atoms with Gasteiger partial charge in [0.05, 0.1) is 0 Å². The summed E-state index contributed by atoms with van der Waals surface area (Å²) in [6.07, 6.45) is 1.78. The van der Waals surface area contributed by atoms with Crippen LogP contribution in [0.4, 0.5) is 5.82 Å². The number of ether oxygens (including phenoxy) is 1. The molecule has 0 aliphatic rings. The molecule has 0 saturated heterocycles. The van der Waals surface area contributed by atoms with Crippen LogP contribution in [-0.4, -0.2) is 4.98 Å². The van der Waals surface area contributed by atoms with E-state index in [1.807, 2.05) is 48.5 Å². The molecule has 0 aliphatic heterocycles. The van der Waals surface area contributed by atoms with E-state index >= 15 is 0 Å². The molecule has 0 amide bonds. The molecule has 0 unspecified atom stereocenters. The van der Waals surface area contributed by atoms with Crippen molar-refractivity contribution in [1.29, 1.82) is 0 Å². The van der Waals surface area contributed by atoms with Gasteiger partial charge in [-0.2, -0.15) is 0 Å². The second-order valence-electron chi connectivity index (χ2n) is 4.99. The maximum absolute atomic E-state index is 5.78. The summed E-state index contributed by atoms with van der Waals surface area (Å²) in [4.78, 5) is 4.24. The molecule has 0 radical (unpaired) electrons. The molecule has 2 aromatic carbocycles. The summed E-state index contributed by atoms with van der Waals surface area (Å²) in [5.41, 5.74) is 2.36. The second kappa shape index (κ2) is 8.81. The lowest BCUT2D eigenvalue weighted by molar-refractivity contribution is 0.306. The van der Waals surface area contributed by atoms with E-state index in [4.69, 9.17) is 4.74 Å². The van der Waals surface area contributed by atoms with Gasteiger partial charge in [0.15, 0.2) is 0 Å². The van der Waals surface area contributed by atoms with Crippen LogP contribution >= 0.6 is 12.4 Å². The molecule has 3 rings (SSSR count). The zero-order valence-corrected chi connectivity index (χ0v) is 13.5. The van der Waals surface area contributed by atoms with Gasteiger partial charge in [-0.25, -0.2) is 4.98 Å². The summed E-state index contributed by atoms with van der Waals surface area (Å²) in [5.74, 6) is 1.76. The smallest absolute Gasteiger partial charge is 0.126 e. The fourth-order valence-electron chi connectivity index (χ4n) is 2.10. The summed E-state index contributed by atoms with van der Waals surface area (Å²) >= 11 is 0. The molecule has 0 aliphatic carbocycles. The van der Waals surface area contributed by atoms with Gasteiger partial charge < -0.3 is 10.1 Å². The van der Waals surface area contributed by atoms with Crippen LogP contribution < -0.4 is 10.1 Å². The first-order valence-corrected chi connectivity index (χ1v) is 7.31. The highest BCUT2D eigenvalue weighted by Gasteiger charge is 1.98. The molecule has 0 spiro atoms. The standard InChI is InChI=1S/C19H18N2O.ClH/c1-2-6-17(7-3-1)15-22-18-11-9-16(10-12-18)14-21-19-8-4-5-13-20-19;/h1-13H,14-15H2,(H,20,21);1H. The summed E-state index contributed by atoms with van der Waals surface area (Å²) in [5, 5.41) is 3.29. The molecule has 0 fully saturated rings. The zero-order chi connectivity index (χ0) is 15.0. The maximum atomic E-state index is 5.78. The molecule has 3 nitrogen and oxygen atoms in total. The van der Waals surface area contributed by atoms with Gasteiger partial charge in [-0.05, 0) is 35.4 Å². The molecule has 118 valence electrons. The van der Waals surface area contributed by atoms with E-state index in [2.05, 4.69) is 34.6 Å². The van der Waals surface area contributed by atoms with Gasteiger partial charge in [0, 0.05) is 12.7 Å². The molecule has 1 heterocycles. The Morgan fingerprint density at radius 3 is 2.22 bits per heavy atom. The van der Waals surface area contributed by atoms with Crippen molar-refractivity contribution < 1.29 is 4.74 Å². The van der Waals surface area contributed by atoms with Crippen LogP contribution in [-0.2, 0) is 13.2 Å². The fourth-order valence-corrected chi connectivity index (χ4v) is 2.10. The Bertz CT molecular complexity index is 625. The molecule has 23 heavy (non-hydrogen) atoms. The van der Waals surface area contributed by atoms with Crippen LogP contribution in [0.2, 0.25) is 0 Å². The lowest BCUT2D eigenvalue weighted by atomic mass is 10.2. The first kappa shape index (κ1) is 16.8. The normalized spacial score (nSPS) is 9.74. The van der Waals surface area contributed by atoms with E-state index in [0.29, 0.717) is 6.61 Å². The molecular formula is C19H19ClN2O. The lowest BCUT2D eigenvalue weighted by Gasteiger charge is -2.08. The number of nitrogens with one attached hydrogen (secondary N) is 1. The van der Waals surface area contributed by atoms with Gasteiger partial charge in [0.2, 0.25) is 0 Å². The van der Waals surface area contributed by atoms with Gasteiger partial charge >= 0.3 is 0 Å². The van der Waals surface area contributed by atoms with Crippen LogP contribution in [0.25, 0.3) is 0 Å². The second-order valence-corrected chi connectivity index (χ2v) is 4.99. The highest BCUT2D eigenvalue weighted by atomic mass is 35.5. The highest BCUT2D eigenvalue weighted by Crippen LogP contribution is 2.15. The third-order valence-electron chi connectivity index (χ3n) is 3.31. The summed E-state index contributed by atoms with van der Waals surface area (Å²) in [6.45, 7) is 1.34. The Hall–Kier alpha value is -2.52. The van der Waals surface area contributed by atoms with Crippen molar-refractivity contribution in [3.63, 3.8) is 0 Å². The Morgan fingerprint density at radius 2 is 1.52 bits per heavy atom. The molecule has 3 aromatic rings. The molecular weight excluding hydrogens is 308 g/mol. The van der Waals surface area contributed by atoms with Crippen LogP contribution in [0.15, 0.2) is 79.0 Å². The van der Waals surface area contributed by atoms with Crippen LogP contribution in [0.3, 0.4) is 0 Å². The zero-order valence-electron chi connectivity index (χ0n) is 12.7. The average Bonchev–Trinajstić information content (AvgIpc) is 2.61. The van der Waals surface area contributed by atoms with Crippen LogP contribution in [0, 0.1) is 0 Å². The first-order valence-electron chi connectivity index (χ1n) is 7.31. The van der Waals surface area contributed by atoms with Crippen molar-refractivity contribution in [2.45, 2.75) is 13.2 Å². The molecule has 4 heteroatoms. The van der Waals surface area contributed by atoms with Crippen molar-refractivity contribution in [3.8, 4) is 5.75 Å². The van der Waals surface area contributed by atoms with E-state index in [-0.39, 0.29) is 12.4 Å². The average molecular weight is 327 g/mol. The number of halogens is 1. The summed E-state index contributed by atoms with van der Waals surface area (Å²) in [6, 6.07) is 24.1. The molecule has 0 atom stereocenters. The molecule has 0 bridgehead atoms. The number of benzene rings is 2. The summed E-state index contributed by atoms with van der Waals surface area (Å²) < 4.78 is 5.78. The largest absolute Gasteiger partial charge is 0.489 e. The molecule has 0 saturated carbocycles. The number of rotatable bonds is 6. The predicted molar refractivity (Wildman–Crippen MR) is 96.0 cm³/mol. The van der Waals surface area contributed by atoms with Gasteiger partial charge in [0.1, 0.15) is 18.2 Å². The number of nitrogens with zero attached hydrogens (tertiary/aromatic N) is 1. The number of hydrogen-bond acceptors (Lipinski definition) is 3. The SMILES string of the molecule is Cl.c1ccc(COc2ccc(CNc3ccccn3)cc2)cc1. The third kappa shape index (κ3) is 5.31. The van der Waals surface area contributed by atoms with Crippen molar-refractivity contribution in [3.05, 3.63) is 90.1 Å². The Labute approximate surface area is 142 Å². The minimum Gasteiger partial charge on any atom is -0.489 e. The van der Waals surface area contributed by atoms with Crippen LogP contribution in [0.5, 0.6) is 5.75 Å². The third-order valence-corrected chi connectivity index (χ3v) is 3.31. The van der Waals surface area contributed by atoms with E-state index in [1.165, 1.54) is 11.1 Å². The number of hydrogen-bond donors (Lipinski definition) is 1. The number of aromatic nitrogens is 1. The van der Waals surface area contributed by atoms with E-state index in [1.54, 1.807) is 6.20 Å². The molecule has 1 aromatic heterocycles. The monoisotopic (exact) mass is 326 g/mol. The van der Waals surface area contributed by atoms with Gasteiger partial charge in [-0.15, -0.1) is 12.4 Å². The molecule has 1 N–H and O–H groups in total. The summed E-state index contributed by atoms with van der Waals surface area (Å²) in [7, 11) is 0. The van der Waals surface area contributed by atoms with E-state index < -0.39 is 0 Å². The number of anilines is 1. The minimum absolute atomic E-state index is 0. The lowest BCUT2D eigenvalue weighted by Crippen LogP contribution is -2.01. The Morgan fingerprint density at radius 1 is 0.783 bits per heavy atom. The van der Waals surface area contributed by atoms with Crippen molar-refractivity contribution in [2.24, 2.45) is 0 Å². The van der Waals surface area contributed by atoms with Crippen molar-refractivity contribution in [1.82, 2.24) is 4.98 Å². The van der Waals surface area contributed by atoms with Gasteiger partial charge in [-0.1, -0.05) is 48.5 Å². The minimum atomic E-state index is 0. The Kier molecular flexibility index (Phi) is 6.45. The first-order chi connectivity index (χ1) is 10.9. The highest BCUT2D eigenvalue weighted by molar-refractivity contribution is 5.85. The quantitative estimate of drug-likeness (QED) is 0.713. The van der Waals surface area contributed by atoms with Gasteiger partial charge in [-0.3, -0.25) is 0 Å². The topological polar surface area (TPSA) is 34.1 Å². The fraction of sp³-hybridized carbons (Fsp3) is 0.105. The Balaban J connectivity index is 0.00000192. The maximum Gasteiger partial charge on any atom is 0.126 e. The van der Waals surface area contributed by atoms with Crippen LogP contribution in [0.1, 0.15) is 11.1 Å².